The minimum Gasteiger partial charge on any atom is -0.497 e. The molecule has 0 aliphatic heterocycles. The third kappa shape index (κ3) is 5.45. The van der Waals surface area contributed by atoms with Crippen LogP contribution in [0.1, 0.15) is 39.4 Å². The summed E-state index contributed by atoms with van der Waals surface area (Å²) in [6.07, 6.45) is 1.29. The smallest absolute Gasteiger partial charge is 0.225 e. The lowest BCUT2D eigenvalue weighted by atomic mass is 9.94. The number of nitrogens with one attached hydrogen (secondary N) is 1. The van der Waals surface area contributed by atoms with Gasteiger partial charge in [0.05, 0.1) is 30.6 Å². The van der Waals surface area contributed by atoms with Crippen molar-refractivity contribution in [2.75, 3.05) is 7.11 Å². The van der Waals surface area contributed by atoms with Crippen LogP contribution in [0.3, 0.4) is 0 Å². The minimum atomic E-state index is -0.527. The molecule has 0 saturated carbocycles. The minimum absolute atomic E-state index is 0.0578. The summed E-state index contributed by atoms with van der Waals surface area (Å²) in [6.45, 7) is 7.56. The van der Waals surface area contributed by atoms with Crippen LogP contribution in [-0.4, -0.2) is 28.8 Å². The molecule has 1 heterocycles. The molecular formula is C28H30FN3O3. The predicted octanol–water partition coefficient (Wildman–Crippen LogP) is 5.84. The first-order valence-corrected chi connectivity index (χ1v) is 11.5. The van der Waals surface area contributed by atoms with Gasteiger partial charge in [-0.25, -0.2) is 9.07 Å². The van der Waals surface area contributed by atoms with E-state index in [-0.39, 0.29) is 17.8 Å². The first-order valence-electron chi connectivity index (χ1n) is 11.5. The van der Waals surface area contributed by atoms with Gasteiger partial charge in [-0.05, 0) is 67.1 Å². The Hall–Kier alpha value is -3.87. The van der Waals surface area contributed by atoms with E-state index in [2.05, 4.69) is 10.4 Å². The van der Waals surface area contributed by atoms with E-state index in [1.165, 1.54) is 12.1 Å². The highest BCUT2D eigenvalue weighted by Crippen LogP contribution is 2.31. The van der Waals surface area contributed by atoms with Gasteiger partial charge in [0.25, 0.3) is 0 Å². The van der Waals surface area contributed by atoms with Gasteiger partial charge >= 0.3 is 0 Å². The van der Waals surface area contributed by atoms with Crippen molar-refractivity contribution in [1.29, 1.82) is 0 Å². The number of hydrogen-bond donors (Lipinski definition) is 1. The number of ether oxygens (including phenoxy) is 2. The predicted molar refractivity (Wildman–Crippen MR) is 134 cm³/mol. The Morgan fingerprint density at radius 3 is 2.46 bits per heavy atom. The molecule has 0 bridgehead atoms. The topological polar surface area (TPSA) is 65.4 Å². The fourth-order valence-electron chi connectivity index (χ4n) is 3.80. The highest BCUT2D eigenvalue weighted by Gasteiger charge is 2.28. The molecule has 0 spiro atoms. The van der Waals surface area contributed by atoms with Crippen LogP contribution in [0.4, 0.5) is 4.39 Å². The average molecular weight is 476 g/mol. The molecule has 4 rings (SSSR count). The summed E-state index contributed by atoms with van der Waals surface area (Å²) < 4.78 is 26.9. The first kappa shape index (κ1) is 24.3. The monoisotopic (exact) mass is 475 g/mol. The van der Waals surface area contributed by atoms with Crippen molar-refractivity contribution < 1.29 is 18.7 Å². The zero-order valence-corrected chi connectivity index (χ0v) is 20.6. The molecule has 7 heteroatoms. The SMILES string of the molecule is COc1cccc([C@H](Oc2ccc3c(cnn3-c3ccc(F)cc3)c2)[C@H](C)NC(=O)C(C)(C)C)c1. The number of halogens is 1. The Morgan fingerprint density at radius 2 is 1.77 bits per heavy atom. The van der Waals surface area contributed by atoms with Crippen molar-refractivity contribution in [3.05, 3.63) is 84.3 Å². The number of nitrogens with zero attached hydrogens (tertiary/aromatic N) is 2. The van der Waals surface area contributed by atoms with Crippen LogP contribution >= 0.6 is 0 Å². The third-order valence-corrected chi connectivity index (χ3v) is 5.79. The van der Waals surface area contributed by atoms with Crippen LogP contribution in [0.15, 0.2) is 72.9 Å². The highest BCUT2D eigenvalue weighted by molar-refractivity contribution is 5.82. The molecule has 4 aromatic rings. The van der Waals surface area contributed by atoms with Crippen LogP contribution in [0, 0.1) is 11.2 Å². The summed E-state index contributed by atoms with van der Waals surface area (Å²) in [7, 11) is 1.62. The molecule has 35 heavy (non-hydrogen) atoms. The number of methoxy groups -OCH3 is 1. The van der Waals surface area contributed by atoms with Crippen molar-refractivity contribution >= 4 is 16.8 Å². The first-order chi connectivity index (χ1) is 16.7. The number of amides is 1. The van der Waals surface area contributed by atoms with E-state index < -0.39 is 11.5 Å². The molecule has 1 N–H and O–H groups in total. The van der Waals surface area contributed by atoms with E-state index in [0.717, 1.165) is 22.2 Å². The standard InChI is InChI=1S/C28H30FN3O3/c1-18(31-27(33)28(2,3)4)26(19-7-6-8-23(15-19)34-5)35-24-13-14-25-20(16-24)17-30-32(25)22-11-9-21(29)10-12-22/h6-18,26H,1-5H3,(H,31,33)/t18-,26+/m0/s1. The van der Waals surface area contributed by atoms with Gasteiger partial charge in [0.2, 0.25) is 5.91 Å². The molecule has 0 radical (unpaired) electrons. The molecule has 6 nitrogen and oxygen atoms in total. The molecule has 0 unspecified atom stereocenters. The van der Waals surface area contributed by atoms with E-state index in [1.807, 2.05) is 70.2 Å². The maximum absolute atomic E-state index is 13.3. The lowest BCUT2D eigenvalue weighted by Crippen LogP contribution is -2.44. The summed E-state index contributed by atoms with van der Waals surface area (Å²) in [5.74, 6) is 0.997. The lowest BCUT2D eigenvalue weighted by Gasteiger charge is -2.29. The van der Waals surface area contributed by atoms with Crippen LogP contribution in [0.2, 0.25) is 0 Å². The van der Waals surface area contributed by atoms with Crippen LogP contribution < -0.4 is 14.8 Å². The number of carbonyl (C=O) groups is 1. The summed E-state index contributed by atoms with van der Waals surface area (Å²) >= 11 is 0. The Bertz CT molecular complexity index is 1330. The summed E-state index contributed by atoms with van der Waals surface area (Å²) in [4.78, 5) is 12.7. The molecule has 182 valence electrons. The third-order valence-electron chi connectivity index (χ3n) is 5.79. The maximum Gasteiger partial charge on any atom is 0.225 e. The second-order valence-electron chi connectivity index (χ2n) is 9.58. The summed E-state index contributed by atoms with van der Waals surface area (Å²) in [5.41, 5.74) is 1.99. The fraction of sp³-hybridized carbons (Fsp3) is 0.286. The van der Waals surface area contributed by atoms with Crippen LogP contribution in [0.25, 0.3) is 16.6 Å². The second kappa shape index (κ2) is 9.78. The van der Waals surface area contributed by atoms with Crippen LogP contribution in [0.5, 0.6) is 11.5 Å². The van der Waals surface area contributed by atoms with Crippen molar-refractivity contribution in [1.82, 2.24) is 15.1 Å². The van der Waals surface area contributed by atoms with Gasteiger partial charge in [-0.15, -0.1) is 0 Å². The number of hydrogen-bond acceptors (Lipinski definition) is 4. The summed E-state index contributed by atoms with van der Waals surface area (Å²) in [6, 6.07) is 19.2. The van der Waals surface area contributed by atoms with Gasteiger partial charge in [0, 0.05) is 10.8 Å². The van der Waals surface area contributed by atoms with Gasteiger partial charge in [-0.1, -0.05) is 32.9 Å². The van der Waals surface area contributed by atoms with Crippen molar-refractivity contribution in [2.45, 2.75) is 39.8 Å². The molecule has 0 fully saturated rings. The van der Waals surface area contributed by atoms with E-state index in [0.29, 0.717) is 11.5 Å². The Balaban J connectivity index is 1.65. The number of aromatic nitrogens is 2. The van der Waals surface area contributed by atoms with Crippen LogP contribution in [-0.2, 0) is 4.79 Å². The maximum atomic E-state index is 13.3. The van der Waals surface area contributed by atoms with E-state index in [1.54, 1.807) is 30.1 Å². The molecule has 0 saturated heterocycles. The quantitative estimate of drug-likeness (QED) is 0.364. The average Bonchev–Trinajstić information content (AvgIpc) is 3.25. The van der Waals surface area contributed by atoms with Crippen molar-refractivity contribution in [2.24, 2.45) is 5.41 Å². The van der Waals surface area contributed by atoms with E-state index in [9.17, 15) is 9.18 Å². The molecule has 0 aliphatic rings. The van der Waals surface area contributed by atoms with Gasteiger partial charge in [0.1, 0.15) is 23.4 Å². The van der Waals surface area contributed by atoms with E-state index in [4.69, 9.17) is 9.47 Å². The molecule has 1 amide bonds. The fourth-order valence-corrected chi connectivity index (χ4v) is 3.80. The number of fused-ring (bicyclic) bond motifs is 1. The Morgan fingerprint density at radius 1 is 1.03 bits per heavy atom. The number of carbonyl (C=O) groups excluding carboxylic acids is 1. The molecule has 0 aliphatic carbocycles. The van der Waals surface area contributed by atoms with Crippen molar-refractivity contribution in [3.8, 4) is 17.2 Å². The Kier molecular flexibility index (Phi) is 6.78. The highest BCUT2D eigenvalue weighted by atomic mass is 19.1. The molecular weight excluding hydrogens is 445 g/mol. The van der Waals surface area contributed by atoms with Crippen molar-refractivity contribution in [3.63, 3.8) is 0 Å². The van der Waals surface area contributed by atoms with Gasteiger partial charge in [-0.3, -0.25) is 4.79 Å². The molecule has 2 atom stereocenters. The normalized spacial score (nSPS) is 13.3. The molecule has 1 aromatic heterocycles. The molecule has 3 aromatic carbocycles. The zero-order valence-electron chi connectivity index (χ0n) is 20.6. The Labute approximate surface area is 204 Å². The summed E-state index contributed by atoms with van der Waals surface area (Å²) in [5, 5.41) is 8.43. The van der Waals surface area contributed by atoms with Gasteiger partial charge in [-0.2, -0.15) is 5.10 Å². The number of benzene rings is 3. The van der Waals surface area contributed by atoms with Gasteiger partial charge in [0.15, 0.2) is 0 Å². The van der Waals surface area contributed by atoms with E-state index >= 15 is 0 Å². The number of rotatable bonds is 7. The lowest BCUT2D eigenvalue weighted by molar-refractivity contribution is -0.129. The zero-order chi connectivity index (χ0) is 25.2. The van der Waals surface area contributed by atoms with Gasteiger partial charge < -0.3 is 14.8 Å². The second-order valence-corrected chi connectivity index (χ2v) is 9.58. The largest absolute Gasteiger partial charge is 0.497 e.